The minimum absolute atomic E-state index is 0.724. The first-order chi connectivity index (χ1) is 13.1. The predicted octanol–water partition coefficient (Wildman–Crippen LogP) is 4.98. The van der Waals surface area contributed by atoms with E-state index in [2.05, 4.69) is 40.2 Å². The predicted molar refractivity (Wildman–Crippen MR) is 106 cm³/mol. The molecule has 5 heteroatoms. The van der Waals surface area contributed by atoms with E-state index in [0.717, 1.165) is 51.7 Å². The van der Waals surface area contributed by atoms with Crippen LogP contribution in [-0.2, 0) is 6.54 Å². The summed E-state index contributed by atoms with van der Waals surface area (Å²) in [7, 11) is 3.33. The van der Waals surface area contributed by atoms with Crippen LogP contribution in [0.3, 0.4) is 0 Å². The normalized spacial score (nSPS) is 11.1. The van der Waals surface area contributed by atoms with Crippen molar-refractivity contribution in [2.75, 3.05) is 14.2 Å². The Hall–Kier alpha value is -3.21. The number of hydrogen-bond donors (Lipinski definition) is 0. The second-order valence-corrected chi connectivity index (χ2v) is 6.64. The molecule has 0 bridgehead atoms. The van der Waals surface area contributed by atoms with Gasteiger partial charge in [-0.2, -0.15) is 0 Å². The van der Waals surface area contributed by atoms with Crippen LogP contribution in [0.1, 0.15) is 17.0 Å². The van der Waals surface area contributed by atoms with Gasteiger partial charge in [0.1, 0.15) is 17.3 Å². The van der Waals surface area contributed by atoms with Crippen molar-refractivity contribution >= 4 is 10.9 Å². The molecule has 27 heavy (non-hydrogen) atoms. The maximum Gasteiger partial charge on any atom is 0.141 e. The molecule has 0 amide bonds. The lowest BCUT2D eigenvalue weighted by atomic mass is 10.0. The van der Waals surface area contributed by atoms with Gasteiger partial charge < -0.3 is 18.6 Å². The highest BCUT2D eigenvalue weighted by Gasteiger charge is 2.13. The van der Waals surface area contributed by atoms with Crippen LogP contribution in [0, 0.1) is 13.8 Å². The molecule has 5 nitrogen and oxygen atoms in total. The lowest BCUT2D eigenvalue weighted by Gasteiger charge is -2.11. The van der Waals surface area contributed by atoms with Crippen molar-refractivity contribution in [1.29, 1.82) is 0 Å². The Kier molecular flexibility index (Phi) is 4.36. The number of ether oxygens (including phenoxy) is 2. The Labute approximate surface area is 158 Å². The van der Waals surface area contributed by atoms with Gasteiger partial charge in [0.2, 0.25) is 0 Å². The van der Waals surface area contributed by atoms with Crippen molar-refractivity contribution in [2.45, 2.75) is 20.4 Å². The van der Waals surface area contributed by atoms with Gasteiger partial charge in [0.05, 0.1) is 19.9 Å². The molecule has 4 aromatic rings. The van der Waals surface area contributed by atoms with E-state index in [4.69, 9.17) is 14.0 Å². The minimum Gasteiger partial charge on any atom is -0.497 e. The van der Waals surface area contributed by atoms with E-state index in [1.807, 2.05) is 32.0 Å². The molecule has 0 fully saturated rings. The molecule has 0 N–H and O–H groups in total. The number of benzene rings is 2. The molecule has 138 valence electrons. The fourth-order valence-electron chi connectivity index (χ4n) is 3.53. The number of methoxy groups -OCH3 is 2. The Balaban J connectivity index is 1.76. The molecular formula is C22H22N2O3. The van der Waals surface area contributed by atoms with E-state index >= 15 is 0 Å². The maximum absolute atomic E-state index is 5.39. The summed E-state index contributed by atoms with van der Waals surface area (Å²) in [6, 6.07) is 14.5. The Morgan fingerprint density at radius 2 is 1.70 bits per heavy atom. The zero-order valence-corrected chi connectivity index (χ0v) is 15.9. The van der Waals surface area contributed by atoms with E-state index in [9.17, 15) is 0 Å². The van der Waals surface area contributed by atoms with Gasteiger partial charge in [-0.15, -0.1) is 0 Å². The van der Waals surface area contributed by atoms with Gasteiger partial charge in [-0.25, -0.2) is 0 Å². The van der Waals surface area contributed by atoms with Crippen LogP contribution in [0.5, 0.6) is 11.5 Å². The smallest absolute Gasteiger partial charge is 0.141 e. The number of nitrogens with zero attached hydrogens (tertiary/aromatic N) is 2. The largest absolute Gasteiger partial charge is 0.497 e. The molecule has 0 atom stereocenters. The average molecular weight is 362 g/mol. The molecule has 0 unspecified atom stereocenters. The standard InChI is InChI=1S/C22H22N2O3/c1-14-22(15(2)27-23-14)18-6-5-17-7-8-24(21(17)11-18)13-16-9-19(25-3)12-20(10-16)26-4/h5-12H,13H2,1-4H3. The van der Waals surface area contributed by atoms with Crippen LogP contribution < -0.4 is 9.47 Å². The van der Waals surface area contributed by atoms with Gasteiger partial charge in [-0.3, -0.25) is 0 Å². The molecule has 2 aromatic carbocycles. The SMILES string of the molecule is COc1cc(Cn2ccc3ccc(-c4c(C)noc4C)cc32)cc(OC)c1. The first-order valence-corrected chi connectivity index (χ1v) is 8.83. The summed E-state index contributed by atoms with van der Waals surface area (Å²) < 4.78 is 18.3. The summed E-state index contributed by atoms with van der Waals surface area (Å²) in [5.74, 6) is 2.41. The Morgan fingerprint density at radius 1 is 0.963 bits per heavy atom. The van der Waals surface area contributed by atoms with Gasteiger partial charge in [-0.1, -0.05) is 17.3 Å². The van der Waals surface area contributed by atoms with Crippen molar-refractivity contribution in [3.8, 4) is 22.6 Å². The zero-order chi connectivity index (χ0) is 19.0. The number of aromatic nitrogens is 2. The molecule has 2 heterocycles. The maximum atomic E-state index is 5.39. The summed E-state index contributed by atoms with van der Waals surface area (Å²) in [5.41, 5.74) is 5.36. The second kappa shape index (κ2) is 6.83. The van der Waals surface area contributed by atoms with E-state index < -0.39 is 0 Å². The third-order valence-corrected chi connectivity index (χ3v) is 4.86. The van der Waals surface area contributed by atoms with Crippen molar-refractivity contribution in [1.82, 2.24) is 9.72 Å². The molecule has 0 saturated carbocycles. The average Bonchev–Trinajstić information content (AvgIpc) is 3.23. The molecule has 2 aromatic heterocycles. The van der Waals surface area contributed by atoms with Gasteiger partial charge in [0, 0.05) is 29.9 Å². The van der Waals surface area contributed by atoms with Crippen LogP contribution in [0.2, 0.25) is 0 Å². The molecule has 0 aliphatic heterocycles. The van der Waals surface area contributed by atoms with Crippen LogP contribution in [0.25, 0.3) is 22.0 Å². The first-order valence-electron chi connectivity index (χ1n) is 8.83. The van der Waals surface area contributed by atoms with Crippen molar-refractivity contribution < 1.29 is 14.0 Å². The molecule has 4 rings (SSSR count). The van der Waals surface area contributed by atoms with Gasteiger partial charge in [0.15, 0.2) is 0 Å². The van der Waals surface area contributed by atoms with Crippen LogP contribution >= 0.6 is 0 Å². The highest BCUT2D eigenvalue weighted by atomic mass is 16.5. The summed E-state index contributed by atoms with van der Waals surface area (Å²) in [4.78, 5) is 0. The van der Waals surface area contributed by atoms with Gasteiger partial charge in [-0.05, 0) is 54.6 Å². The molecule has 0 saturated heterocycles. The highest BCUT2D eigenvalue weighted by molar-refractivity contribution is 5.86. The lowest BCUT2D eigenvalue weighted by molar-refractivity contribution is 0.393. The number of rotatable bonds is 5. The summed E-state index contributed by atoms with van der Waals surface area (Å²) in [5, 5.41) is 5.27. The zero-order valence-electron chi connectivity index (χ0n) is 15.9. The van der Waals surface area contributed by atoms with E-state index in [1.54, 1.807) is 14.2 Å². The summed E-state index contributed by atoms with van der Waals surface area (Å²) in [6.45, 7) is 4.64. The topological polar surface area (TPSA) is 49.4 Å². The molecular weight excluding hydrogens is 340 g/mol. The monoisotopic (exact) mass is 362 g/mol. The van der Waals surface area contributed by atoms with Gasteiger partial charge in [0.25, 0.3) is 0 Å². The number of fused-ring (bicyclic) bond motifs is 1. The van der Waals surface area contributed by atoms with Crippen LogP contribution in [0.15, 0.2) is 53.2 Å². The van der Waals surface area contributed by atoms with E-state index in [-0.39, 0.29) is 0 Å². The first kappa shape index (κ1) is 17.2. The third kappa shape index (κ3) is 3.16. The lowest BCUT2D eigenvalue weighted by Crippen LogP contribution is -1.99. The fourth-order valence-corrected chi connectivity index (χ4v) is 3.53. The minimum atomic E-state index is 0.724. The second-order valence-electron chi connectivity index (χ2n) is 6.64. The third-order valence-electron chi connectivity index (χ3n) is 4.86. The quantitative estimate of drug-likeness (QED) is 0.502. The molecule has 0 aliphatic rings. The number of aryl methyl sites for hydroxylation is 2. The molecule has 0 spiro atoms. The van der Waals surface area contributed by atoms with Crippen molar-refractivity contribution in [2.24, 2.45) is 0 Å². The van der Waals surface area contributed by atoms with Crippen molar-refractivity contribution in [3.63, 3.8) is 0 Å². The fraction of sp³-hybridized carbons (Fsp3) is 0.227. The molecule has 0 aliphatic carbocycles. The number of hydrogen-bond acceptors (Lipinski definition) is 4. The van der Waals surface area contributed by atoms with Gasteiger partial charge >= 0.3 is 0 Å². The van der Waals surface area contributed by atoms with Crippen LogP contribution in [0.4, 0.5) is 0 Å². The van der Waals surface area contributed by atoms with E-state index in [0.29, 0.717) is 0 Å². The Bertz CT molecular complexity index is 1070. The van der Waals surface area contributed by atoms with Crippen LogP contribution in [-0.4, -0.2) is 23.9 Å². The summed E-state index contributed by atoms with van der Waals surface area (Å²) >= 11 is 0. The highest BCUT2D eigenvalue weighted by Crippen LogP contribution is 2.31. The Morgan fingerprint density at radius 3 is 2.33 bits per heavy atom. The summed E-state index contributed by atoms with van der Waals surface area (Å²) in [6.07, 6.45) is 2.10. The van der Waals surface area contributed by atoms with Crippen molar-refractivity contribution in [3.05, 3.63) is 65.7 Å². The van der Waals surface area contributed by atoms with E-state index in [1.165, 1.54) is 5.39 Å². The molecule has 0 radical (unpaired) electrons.